The summed E-state index contributed by atoms with van der Waals surface area (Å²) in [5.41, 5.74) is 0. The summed E-state index contributed by atoms with van der Waals surface area (Å²) in [7, 11) is 0. The third-order valence-electron chi connectivity index (χ3n) is 7.05. The zero-order chi connectivity index (χ0) is 14.7. The molecule has 3 aliphatic rings. The molecule has 1 nitrogen and oxygen atoms in total. The van der Waals surface area contributed by atoms with Crippen molar-refractivity contribution in [1.29, 1.82) is 5.26 Å². The third-order valence-corrected chi connectivity index (χ3v) is 7.05. The van der Waals surface area contributed by atoms with E-state index in [0.717, 1.165) is 29.6 Å². The highest BCUT2D eigenvalue weighted by molar-refractivity contribution is 4.98. The Kier molecular flexibility index (Phi) is 5.25. The van der Waals surface area contributed by atoms with E-state index in [-0.39, 0.29) is 0 Å². The molecule has 0 amide bonds. The molecule has 0 aromatic carbocycles. The van der Waals surface area contributed by atoms with Crippen LogP contribution in [0.2, 0.25) is 0 Å². The number of rotatable bonds is 4. The summed E-state index contributed by atoms with van der Waals surface area (Å²) in [5.74, 6) is 5.40. The van der Waals surface area contributed by atoms with Crippen LogP contribution in [0.25, 0.3) is 0 Å². The van der Waals surface area contributed by atoms with Crippen molar-refractivity contribution in [2.45, 2.75) is 84.0 Å². The molecule has 3 fully saturated rings. The third kappa shape index (κ3) is 3.46. The summed E-state index contributed by atoms with van der Waals surface area (Å²) < 4.78 is 0. The molecule has 4 unspecified atom stereocenters. The molecule has 3 aliphatic carbocycles. The lowest BCUT2D eigenvalue weighted by Gasteiger charge is -2.50. The second kappa shape index (κ2) is 7.17. The number of nitrogens with zero attached hydrogens (tertiary/aromatic N) is 1. The average molecular weight is 287 g/mol. The Balaban J connectivity index is 1.53. The van der Waals surface area contributed by atoms with Gasteiger partial charge in [-0.05, 0) is 74.5 Å². The van der Waals surface area contributed by atoms with Gasteiger partial charge in [0.1, 0.15) is 0 Å². The summed E-state index contributed by atoms with van der Waals surface area (Å²) in [6.45, 7) is 2.32. The van der Waals surface area contributed by atoms with E-state index in [9.17, 15) is 5.26 Å². The van der Waals surface area contributed by atoms with Gasteiger partial charge in [0.05, 0.1) is 6.07 Å². The monoisotopic (exact) mass is 287 g/mol. The van der Waals surface area contributed by atoms with E-state index in [0.29, 0.717) is 5.92 Å². The van der Waals surface area contributed by atoms with Crippen molar-refractivity contribution >= 4 is 0 Å². The van der Waals surface area contributed by atoms with Gasteiger partial charge in [-0.3, -0.25) is 0 Å². The van der Waals surface area contributed by atoms with Gasteiger partial charge in [0, 0.05) is 5.92 Å². The molecule has 0 spiro atoms. The van der Waals surface area contributed by atoms with Crippen molar-refractivity contribution in [3.05, 3.63) is 0 Å². The maximum atomic E-state index is 9.20. The zero-order valence-electron chi connectivity index (χ0n) is 13.9. The molecule has 3 saturated carbocycles. The molecule has 3 rings (SSSR count). The Morgan fingerprint density at radius 1 is 0.857 bits per heavy atom. The smallest absolute Gasteiger partial charge is 0.0655 e. The van der Waals surface area contributed by atoms with E-state index in [1.807, 2.05) is 0 Å². The highest BCUT2D eigenvalue weighted by atomic mass is 14.5. The molecular weight excluding hydrogens is 254 g/mol. The van der Waals surface area contributed by atoms with Crippen LogP contribution in [0.1, 0.15) is 84.0 Å². The SMILES string of the molecule is CCCCC[C@@H]1CCC2C(CCC3C[C@H](C#N)CCC32)C1. The molecule has 0 heterocycles. The van der Waals surface area contributed by atoms with Gasteiger partial charge in [-0.25, -0.2) is 0 Å². The quantitative estimate of drug-likeness (QED) is 0.586. The van der Waals surface area contributed by atoms with E-state index in [1.54, 1.807) is 6.42 Å². The Labute approximate surface area is 131 Å². The fraction of sp³-hybridized carbons (Fsp3) is 0.950. The summed E-state index contributed by atoms with van der Waals surface area (Å²) in [6, 6.07) is 2.54. The fourth-order valence-electron chi connectivity index (χ4n) is 5.95. The van der Waals surface area contributed by atoms with Gasteiger partial charge in [0.15, 0.2) is 0 Å². The molecule has 0 N–H and O–H groups in total. The highest BCUT2D eigenvalue weighted by Gasteiger charge is 2.44. The minimum atomic E-state index is 0.383. The van der Waals surface area contributed by atoms with Crippen LogP contribution in [0.5, 0.6) is 0 Å². The van der Waals surface area contributed by atoms with E-state index in [1.165, 1.54) is 70.6 Å². The molecule has 6 atom stereocenters. The van der Waals surface area contributed by atoms with Crippen LogP contribution in [0.15, 0.2) is 0 Å². The first-order chi connectivity index (χ1) is 10.3. The van der Waals surface area contributed by atoms with Crippen molar-refractivity contribution in [3.63, 3.8) is 0 Å². The molecule has 0 radical (unpaired) electrons. The summed E-state index contributed by atoms with van der Waals surface area (Å²) in [5, 5.41) is 9.20. The van der Waals surface area contributed by atoms with Crippen LogP contribution in [0.4, 0.5) is 0 Å². The summed E-state index contributed by atoms with van der Waals surface area (Å²) in [6.07, 6.45) is 17.0. The molecular formula is C20H33N. The number of hydrogen-bond acceptors (Lipinski definition) is 1. The van der Waals surface area contributed by atoms with Crippen LogP contribution in [-0.4, -0.2) is 0 Å². The lowest BCUT2D eigenvalue weighted by atomic mass is 9.55. The van der Waals surface area contributed by atoms with Gasteiger partial charge in [0.25, 0.3) is 0 Å². The van der Waals surface area contributed by atoms with Gasteiger partial charge in [-0.15, -0.1) is 0 Å². The lowest BCUT2D eigenvalue weighted by molar-refractivity contribution is 0.00280. The fourth-order valence-corrected chi connectivity index (χ4v) is 5.95. The standard InChI is InChI=1S/C20H33N/c1-2-3-4-5-15-6-10-19-17(12-15)8-9-18-13-16(14-21)7-11-20(18)19/h15-20H,2-13H2,1H3/t15-,16-,17?,18?,19?,20?/m1/s1. The number of nitriles is 1. The average Bonchev–Trinajstić information content (AvgIpc) is 2.54. The molecule has 21 heavy (non-hydrogen) atoms. The van der Waals surface area contributed by atoms with Crippen molar-refractivity contribution in [1.82, 2.24) is 0 Å². The Hall–Kier alpha value is -0.510. The first kappa shape index (κ1) is 15.4. The van der Waals surface area contributed by atoms with Gasteiger partial charge >= 0.3 is 0 Å². The van der Waals surface area contributed by atoms with Gasteiger partial charge in [0.2, 0.25) is 0 Å². The van der Waals surface area contributed by atoms with Crippen LogP contribution < -0.4 is 0 Å². The molecule has 118 valence electrons. The second-order valence-electron chi connectivity index (χ2n) is 8.24. The van der Waals surface area contributed by atoms with E-state index >= 15 is 0 Å². The normalized spacial score (nSPS) is 42.7. The first-order valence-corrected chi connectivity index (χ1v) is 9.71. The molecule has 0 aromatic rings. The largest absolute Gasteiger partial charge is 0.198 e. The van der Waals surface area contributed by atoms with Gasteiger partial charge < -0.3 is 0 Å². The molecule has 0 saturated heterocycles. The van der Waals surface area contributed by atoms with E-state index in [2.05, 4.69) is 13.0 Å². The maximum absolute atomic E-state index is 9.20. The number of unbranched alkanes of at least 4 members (excludes halogenated alkanes) is 2. The minimum Gasteiger partial charge on any atom is -0.198 e. The topological polar surface area (TPSA) is 23.8 Å². The zero-order valence-corrected chi connectivity index (χ0v) is 13.9. The Bertz CT molecular complexity index is 369. The lowest BCUT2D eigenvalue weighted by Crippen LogP contribution is -2.41. The van der Waals surface area contributed by atoms with E-state index < -0.39 is 0 Å². The second-order valence-corrected chi connectivity index (χ2v) is 8.24. The van der Waals surface area contributed by atoms with Crippen molar-refractivity contribution in [2.24, 2.45) is 35.5 Å². The number of fused-ring (bicyclic) bond motifs is 3. The van der Waals surface area contributed by atoms with Crippen LogP contribution in [0.3, 0.4) is 0 Å². The van der Waals surface area contributed by atoms with Crippen molar-refractivity contribution < 1.29 is 0 Å². The van der Waals surface area contributed by atoms with Crippen LogP contribution in [0, 0.1) is 46.8 Å². The van der Waals surface area contributed by atoms with Gasteiger partial charge in [-0.1, -0.05) is 39.0 Å². The number of hydrogen-bond donors (Lipinski definition) is 0. The molecule has 0 aromatic heterocycles. The Morgan fingerprint density at radius 3 is 2.29 bits per heavy atom. The van der Waals surface area contributed by atoms with Crippen molar-refractivity contribution in [3.8, 4) is 6.07 Å². The van der Waals surface area contributed by atoms with Crippen molar-refractivity contribution in [2.75, 3.05) is 0 Å². The minimum absolute atomic E-state index is 0.383. The highest BCUT2D eigenvalue weighted by Crippen LogP contribution is 2.53. The van der Waals surface area contributed by atoms with Crippen LogP contribution in [-0.2, 0) is 0 Å². The van der Waals surface area contributed by atoms with Crippen LogP contribution >= 0.6 is 0 Å². The summed E-state index contributed by atoms with van der Waals surface area (Å²) in [4.78, 5) is 0. The maximum Gasteiger partial charge on any atom is 0.0655 e. The molecule has 0 aliphatic heterocycles. The molecule has 0 bridgehead atoms. The summed E-state index contributed by atoms with van der Waals surface area (Å²) >= 11 is 0. The predicted octanol–water partition coefficient (Wildman–Crippen LogP) is 5.95. The predicted molar refractivity (Wildman–Crippen MR) is 87.6 cm³/mol. The first-order valence-electron chi connectivity index (χ1n) is 9.71. The van der Waals surface area contributed by atoms with Gasteiger partial charge in [-0.2, -0.15) is 5.26 Å². The Morgan fingerprint density at radius 2 is 1.57 bits per heavy atom. The van der Waals surface area contributed by atoms with E-state index in [4.69, 9.17) is 0 Å². The molecule has 1 heteroatoms.